The number of likely N-dealkylation sites (tertiary alicyclic amines) is 2. The number of carbonyl (C=O) groups excluding carboxylic acids is 4. The Kier molecular flexibility index (Phi) is 9.03. The van der Waals surface area contributed by atoms with Gasteiger partial charge in [0.25, 0.3) is 0 Å². The van der Waals surface area contributed by atoms with Crippen LogP contribution in [0.4, 0.5) is 0 Å². The Morgan fingerprint density at radius 3 is 1.46 bits per heavy atom. The van der Waals surface area contributed by atoms with Crippen LogP contribution >= 0.6 is 23.2 Å². The number of halogens is 2. The lowest BCUT2D eigenvalue weighted by atomic mass is 9.49. The first-order chi connectivity index (χ1) is 32.8. The Morgan fingerprint density at radius 1 is 0.618 bits per heavy atom. The molecule has 68 heavy (non-hydrogen) atoms. The lowest BCUT2D eigenvalue weighted by Crippen LogP contribution is -2.76. The van der Waals surface area contributed by atoms with E-state index in [2.05, 4.69) is 9.80 Å². The Morgan fingerprint density at radius 2 is 1.04 bits per heavy atom. The molecule has 14 heteroatoms. The zero-order chi connectivity index (χ0) is 46.2. The highest BCUT2D eigenvalue weighted by molar-refractivity contribution is 6.40. The molecule has 8 atom stereocenters. The van der Waals surface area contributed by atoms with E-state index in [9.17, 15) is 29.4 Å². The predicted octanol–water partition coefficient (Wildman–Crippen LogP) is 6.71. The van der Waals surface area contributed by atoms with E-state index in [0.29, 0.717) is 93.8 Å². The number of ether oxygens (including phenoxy) is 4. The van der Waals surface area contributed by atoms with Crippen LogP contribution in [0, 0.1) is 11.8 Å². The van der Waals surface area contributed by atoms with Crippen LogP contribution < -0.4 is 18.9 Å². The molecule has 14 rings (SSSR count). The minimum atomic E-state index is -1.12. The lowest BCUT2D eigenvalue weighted by Gasteiger charge is -2.62. The van der Waals surface area contributed by atoms with Gasteiger partial charge in [-0.1, -0.05) is 59.6 Å². The highest BCUT2D eigenvalue weighted by Crippen LogP contribution is 2.67. The maximum atomic E-state index is 13.8. The van der Waals surface area contributed by atoms with E-state index in [4.69, 9.17) is 42.1 Å². The van der Waals surface area contributed by atoms with Crippen molar-refractivity contribution in [3.63, 3.8) is 0 Å². The summed E-state index contributed by atoms with van der Waals surface area (Å²) >= 11 is 14.0. The standard InChI is InChI=1S/C54H52Cl2N2O10/c55-45-31(23-41(61)65-37-11-7-29-21-39-53(63)15-13-35(59)49-51(53,43(29)47(37)67-49)17-19-57(39)25-27-1-2-27)5-9-34-33(45)10-6-32(46(34)56)24-42(62)66-38-12-8-30-22-40-54(64)16-14-36(60)50-52(54,44(30)48(38)68-50)18-20-58(40)26-28-3-4-28/h5-12,27-28,39-40,49-50,63-64H,1-4,13-26H2/t39-,40-,49+,50+,51+,52?,53-,54-/m1/s1. The van der Waals surface area contributed by atoms with E-state index in [1.54, 1.807) is 36.4 Å². The van der Waals surface area contributed by atoms with Crippen molar-refractivity contribution in [3.8, 4) is 23.0 Å². The van der Waals surface area contributed by atoms with Crippen molar-refractivity contribution >= 4 is 57.5 Å². The fraction of sp³-hybridized carbons (Fsp3) is 0.519. The first kappa shape index (κ1) is 42.3. The topological polar surface area (TPSA) is 152 Å². The van der Waals surface area contributed by atoms with E-state index in [1.165, 1.54) is 25.7 Å². The summed E-state index contributed by atoms with van der Waals surface area (Å²) < 4.78 is 25.1. The van der Waals surface area contributed by atoms with E-state index in [1.807, 2.05) is 12.1 Å². The molecule has 4 saturated carbocycles. The summed E-state index contributed by atoms with van der Waals surface area (Å²) in [5, 5.41) is 27.1. The molecule has 2 N–H and O–H groups in total. The molecule has 0 aromatic heterocycles. The van der Waals surface area contributed by atoms with E-state index < -0.39 is 46.2 Å². The van der Waals surface area contributed by atoms with Crippen molar-refractivity contribution in [2.24, 2.45) is 11.8 Å². The summed E-state index contributed by atoms with van der Waals surface area (Å²) in [4.78, 5) is 59.6. The number of Topliss-reactive ketones (excluding diaryl/α,β-unsaturated/α-hetero) is 2. The number of hydrogen-bond acceptors (Lipinski definition) is 12. The van der Waals surface area contributed by atoms with E-state index >= 15 is 0 Å². The molecule has 1 unspecified atom stereocenters. The highest BCUT2D eigenvalue weighted by Gasteiger charge is 2.75. The second kappa shape index (κ2) is 14.5. The van der Waals surface area contributed by atoms with Crippen LogP contribution in [-0.4, -0.2) is 105 Å². The van der Waals surface area contributed by atoms with Gasteiger partial charge in [-0.05, 0) is 124 Å². The van der Waals surface area contributed by atoms with Gasteiger partial charge >= 0.3 is 11.9 Å². The second-order valence-corrected chi connectivity index (χ2v) is 22.6. The Balaban J connectivity index is 0.696. The molecule has 0 amide bonds. The zero-order valence-electron chi connectivity index (χ0n) is 37.6. The van der Waals surface area contributed by atoms with Gasteiger partial charge in [0.05, 0.1) is 44.9 Å². The number of hydrogen-bond donors (Lipinski definition) is 2. The number of rotatable bonds is 10. The maximum Gasteiger partial charge on any atom is 0.315 e. The summed E-state index contributed by atoms with van der Waals surface area (Å²) in [6.07, 6.45) is 6.64. The Hall–Kier alpha value is -4.56. The molecule has 4 aromatic carbocycles. The van der Waals surface area contributed by atoms with Gasteiger partial charge in [-0.25, -0.2) is 0 Å². The molecular formula is C54H52Cl2N2O10. The Bertz CT molecular complexity index is 2770. The van der Waals surface area contributed by atoms with Gasteiger partial charge in [-0.15, -0.1) is 0 Å². The zero-order valence-corrected chi connectivity index (χ0v) is 39.1. The molecule has 2 saturated heterocycles. The smallest absolute Gasteiger partial charge is 0.315 e. The molecule has 10 aliphatic rings. The first-order valence-electron chi connectivity index (χ1n) is 24.8. The molecule has 352 valence electrons. The van der Waals surface area contributed by atoms with Gasteiger partial charge in [-0.3, -0.25) is 29.0 Å². The number of fused-ring (bicyclic) bond motifs is 1. The number of benzene rings is 4. The minimum Gasteiger partial charge on any atom is -0.477 e. The molecule has 4 heterocycles. The number of esters is 2. The molecule has 12 nitrogen and oxygen atoms in total. The van der Waals surface area contributed by atoms with Gasteiger partial charge in [-0.2, -0.15) is 0 Å². The monoisotopic (exact) mass is 958 g/mol. The van der Waals surface area contributed by atoms with E-state index in [0.717, 1.165) is 48.4 Å². The number of nitrogens with zero attached hydrogens (tertiary/aromatic N) is 2. The van der Waals surface area contributed by atoms with Crippen LogP contribution in [0.15, 0.2) is 48.5 Å². The predicted molar refractivity (Wildman–Crippen MR) is 249 cm³/mol. The van der Waals surface area contributed by atoms with E-state index in [-0.39, 0.29) is 60.8 Å². The summed E-state index contributed by atoms with van der Waals surface area (Å²) in [6.45, 7) is 3.48. The molecule has 4 aromatic rings. The quantitative estimate of drug-likeness (QED) is 0.129. The molecule has 0 radical (unpaired) electrons. The van der Waals surface area contributed by atoms with Crippen molar-refractivity contribution < 1.29 is 48.3 Å². The Labute approximate surface area is 403 Å². The van der Waals surface area contributed by atoms with Gasteiger partial charge in [0.1, 0.15) is 0 Å². The lowest BCUT2D eigenvalue weighted by molar-refractivity contribution is -0.188. The second-order valence-electron chi connectivity index (χ2n) is 21.9. The van der Waals surface area contributed by atoms with Gasteiger partial charge < -0.3 is 29.2 Å². The average molecular weight is 960 g/mol. The molecule has 4 aliphatic heterocycles. The summed E-state index contributed by atoms with van der Waals surface area (Å²) in [6, 6.07) is 14.2. The summed E-state index contributed by atoms with van der Waals surface area (Å²) in [5.74, 6) is 1.36. The summed E-state index contributed by atoms with van der Waals surface area (Å²) in [5.41, 5.74) is 0.728. The third kappa shape index (κ3) is 5.64. The van der Waals surface area contributed by atoms with Crippen LogP contribution in [0.25, 0.3) is 10.8 Å². The van der Waals surface area contributed by atoms with Crippen molar-refractivity contribution in [2.45, 2.75) is 136 Å². The number of aliphatic hydroxyl groups is 2. The van der Waals surface area contributed by atoms with Crippen LogP contribution in [0.1, 0.15) is 97.6 Å². The SMILES string of the molecule is O=C(Cc1ccc2c(Cl)c(CC(=O)Oc3ccc4c5c3O[C@H]3C(=O)CC[C@@]6(O)[C@@H](C4)N(CC4CC4)CC[C@]536)ccc2c1Cl)Oc1ccc2c3c1O[C@H]1C(=O)CC[C@@]4(O)[C@@H](C2)N(CC2CC2)CCC314. The largest absolute Gasteiger partial charge is 0.477 e. The average Bonchev–Trinajstić information content (AvgIpc) is 4.25. The fourth-order valence-electron chi connectivity index (χ4n) is 15.0. The molecule has 2 spiro atoms. The minimum absolute atomic E-state index is 0.0258. The van der Waals surface area contributed by atoms with Crippen molar-refractivity contribution in [1.29, 1.82) is 0 Å². The van der Waals surface area contributed by atoms with Crippen LogP contribution in [0.2, 0.25) is 10.0 Å². The molecule has 4 bridgehead atoms. The van der Waals surface area contributed by atoms with Crippen molar-refractivity contribution in [2.75, 3.05) is 26.2 Å². The molecular weight excluding hydrogens is 908 g/mol. The maximum absolute atomic E-state index is 13.8. The van der Waals surface area contributed by atoms with Crippen molar-refractivity contribution in [3.05, 3.63) is 92.0 Å². The normalized spacial score (nSPS) is 33.7. The highest BCUT2D eigenvalue weighted by atomic mass is 35.5. The first-order valence-corrected chi connectivity index (χ1v) is 25.5. The third-order valence-corrected chi connectivity index (χ3v) is 19.3. The third-order valence-electron chi connectivity index (χ3n) is 18.4. The van der Waals surface area contributed by atoms with Crippen LogP contribution in [-0.2, 0) is 55.7 Å². The van der Waals surface area contributed by atoms with Gasteiger partial charge in [0, 0.05) is 59.9 Å². The van der Waals surface area contributed by atoms with Crippen molar-refractivity contribution in [1.82, 2.24) is 9.80 Å². The van der Waals surface area contributed by atoms with Gasteiger partial charge in [0.15, 0.2) is 46.8 Å². The molecule has 6 fully saturated rings. The fourth-order valence-corrected chi connectivity index (χ4v) is 15.6. The summed E-state index contributed by atoms with van der Waals surface area (Å²) in [7, 11) is 0. The van der Waals surface area contributed by atoms with Crippen LogP contribution in [0.5, 0.6) is 23.0 Å². The number of ketones is 2. The molecule has 6 aliphatic carbocycles. The van der Waals surface area contributed by atoms with Gasteiger partial charge in [0.2, 0.25) is 0 Å². The van der Waals surface area contributed by atoms with Crippen LogP contribution in [0.3, 0.4) is 0 Å². The number of carbonyl (C=O) groups is 4. The number of piperidine rings is 2.